The number of esters is 1. The van der Waals surface area contributed by atoms with Gasteiger partial charge in [0.15, 0.2) is 0 Å². The topological polar surface area (TPSA) is 114 Å². The third-order valence-corrected chi connectivity index (χ3v) is 11.8. The molecule has 3 amide bonds. The maximum absolute atomic E-state index is 14.2. The van der Waals surface area contributed by atoms with Crippen molar-refractivity contribution >= 4 is 86.8 Å². The molecule has 0 saturated heterocycles. The minimum atomic E-state index is -0.708. The molecule has 5 aromatic rings. The molecule has 0 spiro atoms. The molecule has 0 aliphatic heterocycles. The highest BCUT2D eigenvalue weighted by Gasteiger charge is 2.29. The van der Waals surface area contributed by atoms with Crippen LogP contribution < -0.4 is 16.0 Å². The number of thiophene rings is 1. The molecule has 1 aromatic heterocycles. The first-order chi connectivity index (χ1) is 26.2. The summed E-state index contributed by atoms with van der Waals surface area (Å²) in [5, 5.41) is 9.21. The summed E-state index contributed by atoms with van der Waals surface area (Å²) in [5.74, 6) is -1.82. The van der Waals surface area contributed by atoms with E-state index in [2.05, 4.69) is 16.0 Å². The van der Waals surface area contributed by atoms with Gasteiger partial charge in [0.05, 0.1) is 12.7 Å². The molecule has 0 saturated carbocycles. The Hall–Kier alpha value is -4.87. The van der Waals surface area contributed by atoms with Gasteiger partial charge in [0, 0.05) is 31.1 Å². The molecular weight excluding hydrogens is 762 g/mol. The maximum atomic E-state index is 14.2. The monoisotopic (exact) mass is 797 g/mol. The molecule has 3 N–H and O–H groups in total. The highest BCUT2D eigenvalue weighted by molar-refractivity contribution is 8.00. The van der Waals surface area contributed by atoms with Crippen LogP contribution in [-0.2, 0) is 27.2 Å². The lowest BCUT2D eigenvalue weighted by Gasteiger charge is -2.18. The van der Waals surface area contributed by atoms with Crippen molar-refractivity contribution in [3.63, 3.8) is 0 Å². The zero-order chi connectivity index (χ0) is 38.0. The molecule has 8 nitrogen and oxygen atoms in total. The first-order valence-corrected chi connectivity index (χ1v) is 19.8. The molecular formula is C42H37Cl2N3O5S2. The third kappa shape index (κ3) is 9.81. The Labute approximate surface area is 332 Å². The summed E-state index contributed by atoms with van der Waals surface area (Å²) in [7, 11) is 1.36. The lowest BCUT2D eigenvalue weighted by Crippen LogP contribution is -2.30. The van der Waals surface area contributed by atoms with Crippen molar-refractivity contribution in [2.75, 3.05) is 17.7 Å². The molecule has 0 radical (unpaired) electrons. The Morgan fingerprint density at radius 2 is 1.54 bits per heavy atom. The van der Waals surface area contributed by atoms with E-state index in [9.17, 15) is 19.2 Å². The lowest BCUT2D eigenvalue weighted by atomic mass is 9.96. The van der Waals surface area contributed by atoms with Gasteiger partial charge in [-0.1, -0.05) is 96.7 Å². The number of carbonyl (C=O) groups excluding carboxylic acids is 4. The second-order valence-electron chi connectivity index (χ2n) is 12.5. The van der Waals surface area contributed by atoms with Gasteiger partial charge in [-0.25, -0.2) is 4.79 Å². The van der Waals surface area contributed by atoms with Gasteiger partial charge in [-0.15, -0.1) is 23.1 Å². The zero-order valence-electron chi connectivity index (χ0n) is 29.3. The maximum Gasteiger partial charge on any atom is 0.341 e. The number of thioether (sulfide) groups is 1. The predicted molar refractivity (Wildman–Crippen MR) is 219 cm³/mol. The quantitative estimate of drug-likeness (QED) is 0.0697. The van der Waals surface area contributed by atoms with Gasteiger partial charge >= 0.3 is 5.97 Å². The number of carbonyl (C=O) groups is 4. The molecule has 6 rings (SSSR count). The van der Waals surface area contributed by atoms with Crippen LogP contribution >= 0.6 is 46.3 Å². The lowest BCUT2D eigenvalue weighted by molar-refractivity contribution is -0.116. The molecule has 54 heavy (non-hydrogen) atoms. The van der Waals surface area contributed by atoms with Gasteiger partial charge < -0.3 is 20.7 Å². The van der Waals surface area contributed by atoms with E-state index >= 15 is 0 Å². The number of methoxy groups -OCH3 is 1. The summed E-state index contributed by atoms with van der Waals surface area (Å²) in [6.07, 6.45) is 7.34. The predicted octanol–water partition coefficient (Wildman–Crippen LogP) is 10.4. The number of benzene rings is 4. The van der Waals surface area contributed by atoms with Crippen LogP contribution in [0.5, 0.6) is 0 Å². The highest BCUT2D eigenvalue weighted by atomic mass is 35.5. The van der Waals surface area contributed by atoms with E-state index in [0.29, 0.717) is 42.3 Å². The number of rotatable bonds is 11. The van der Waals surface area contributed by atoms with Crippen molar-refractivity contribution in [3.8, 4) is 0 Å². The van der Waals surface area contributed by atoms with E-state index in [1.807, 2.05) is 36.4 Å². The standard InChI is InChI=1S/C42H37Cl2N3O5S2/c1-52-42(51)36-32-19-10-2-3-11-20-35(32)54-41(36)47-40(50)37(26-13-6-4-7-14-26)53-31-18-12-17-30(25-31)45-39(49)34(23-28-21-22-29(43)24-33(28)44)46-38(48)27-15-8-5-9-16-27/h4-9,12-18,21-25,37H,2-3,10-11,19-20H2,1H3,(H,45,49)(H,46,48)(H,47,50)/b34-23+. The highest BCUT2D eigenvalue weighted by Crippen LogP contribution is 2.41. The van der Waals surface area contributed by atoms with E-state index in [-0.39, 0.29) is 11.6 Å². The molecule has 12 heteroatoms. The number of hydrogen-bond donors (Lipinski definition) is 3. The van der Waals surface area contributed by atoms with Crippen LogP contribution in [0.1, 0.15) is 73.2 Å². The van der Waals surface area contributed by atoms with Crippen LogP contribution in [0.2, 0.25) is 10.0 Å². The fraction of sp³-hybridized carbons (Fsp3) is 0.190. The molecule has 0 bridgehead atoms. The van der Waals surface area contributed by atoms with Crippen molar-refractivity contribution in [2.45, 2.75) is 48.7 Å². The molecule has 276 valence electrons. The third-order valence-electron chi connectivity index (χ3n) is 8.77. The smallest absolute Gasteiger partial charge is 0.341 e. The Morgan fingerprint density at radius 3 is 2.26 bits per heavy atom. The molecule has 1 heterocycles. The summed E-state index contributed by atoms with van der Waals surface area (Å²) in [6, 6.07) is 29.9. The van der Waals surface area contributed by atoms with Gasteiger partial charge in [0.2, 0.25) is 5.91 Å². The average Bonchev–Trinajstić information content (AvgIpc) is 3.49. The van der Waals surface area contributed by atoms with Crippen molar-refractivity contribution in [1.82, 2.24) is 5.32 Å². The minimum absolute atomic E-state index is 0.0425. The van der Waals surface area contributed by atoms with Crippen molar-refractivity contribution in [2.24, 2.45) is 0 Å². The minimum Gasteiger partial charge on any atom is -0.465 e. The second-order valence-corrected chi connectivity index (χ2v) is 15.7. The first kappa shape index (κ1) is 38.8. The van der Waals surface area contributed by atoms with Gasteiger partial charge in [0.25, 0.3) is 11.8 Å². The number of amides is 3. The summed E-state index contributed by atoms with van der Waals surface area (Å²) in [4.78, 5) is 56.0. The number of aryl methyl sites for hydroxylation is 1. The molecule has 0 fully saturated rings. The summed E-state index contributed by atoms with van der Waals surface area (Å²) < 4.78 is 5.18. The Morgan fingerprint density at radius 1 is 0.815 bits per heavy atom. The Kier molecular flexibility index (Phi) is 13.3. The molecule has 1 aliphatic rings. The van der Waals surface area contributed by atoms with Crippen LogP contribution in [0.3, 0.4) is 0 Å². The van der Waals surface area contributed by atoms with Crippen molar-refractivity contribution in [1.29, 1.82) is 0 Å². The van der Waals surface area contributed by atoms with Crippen LogP contribution in [0, 0.1) is 0 Å². The molecule has 4 aromatic carbocycles. The first-order valence-electron chi connectivity index (χ1n) is 17.4. The Bertz CT molecular complexity index is 2190. The second kappa shape index (κ2) is 18.4. The van der Waals surface area contributed by atoms with Gasteiger partial charge in [0.1, 0.15) is 15.9 Å². The molecule has 1 atom stereocenters. The van der Waals surface area contributed by atoms with Crippen LogP contribution in [-0.4, -0.2) is 30.8 Å². The van der Waals surface area contributed by atoms with Crippen LogP contribution in [0.25, 0.3) is 6.08 Å². The fourth-order valence-electron chi connectivity index (χ4n) is 6.10. The normalized spacial score (nSPS) is 13.4. The molecule has 1 unspecified atom stereocenters. The van der Waals surface area contributed by atoms with Crippen molar-refractivity contribution < 1.29 is 23.9 Å². The van der Waals surface area contributed by atoms with Gasteiger partial charge in [-0.05, 0) is 90.9 Å². The number of fused-ring (bicyclic) bond motifs is 1. The average molecular weight is 799 g/mol. The number of nitrogens with one attached hydrogen (secondary N) is 3. The van der Waals surface area contributed by atoms with Crippen LogP contribution in [0.15, 0.2) is 114 Å². The van der Waals surface area contributed by atoms with E-state index in [1.165, 1.54) is 36.3 Å². The van der Waals surface area contributed by atoms with Gasteiger partial charge in [-0.2, -0.15) is 0 Å². The van der Waals surface area contributed by atoms with E-state index < -0.39 is 23.0 Å². The summed E-state index contributed by atoms with van der Waals surface area (Å²) in [5.41, 5.74) is 3.42. The SMILES string of the molecule is COC(=O)c1c(NC(=O)C(Sc2cccc(NC(=O)/C(=C\c3ccc(Cl)cc3Cl)NC(=O)c3ccccc3)c2)c2ccccc2)sc2c1CCCCCC2. The number of hydrogen-bond acceptors (Lipinski definition) is 7. The Balaban J connectivity index is 1.26. The van der Waals surface area contributed by atoms with E-state index in [0.717, 1.165) is 54.5 Å². The fourth-order valence-corrected chi connectivity index (χ4v) is 8.93. The van der Waals surface area contributed by atoms with Crippen molar-refractivity contribution in [3.05, 3.63) is 152 Å². The molecule has 1 aliphatic carbocycles. The largest absolute Gasteiger partial charge is 0.465 e. The number of anilines is 2. The van der Waals surface area contributed by atoms with Crippen LogP contribution in [0.4, 0.5) is 10.7 Å². The van der Waals surface area contributed by atoms with E-state index in [1.54, 1.807) is 66.7 Å². The van der Waals surface area contributed by atoms with E-state index in [4.69, 9.17) is 27.9 Å². The van der Waals surface area contributed by atoms with Gasteiger partial charge in [-0.3, -0.25) is 14.4 Å². The zero-order valence-corrected chi connectivity index (χ0v) is 32.5. The number of ether oxygens (including phenoxy) is 1. The summed E-state index contributed by atoms with van der Waals surface area (Å²) >= 11 is 15.3. The summed E-state index contributed by atoms with van der Waals surface area (Å²) in [6.45, 7) is 0. The number of halogens is 2.